The van der Waals surface area contributed by atoms with Crippen LogP contribution in [0.25, 0.3) is 10.2 Å². The maximum absolute atomic E-state index is 12.3. The SMILES string of the molecule is CCC(CC)c1nnc(NC(=O)Cn2cnc3sccc3c2=O)s1. The predicted octanol–water partition coefficient (Wildman–Crippen LogP) is 2.85. The highest BCUT2D eigenvalue weighted by atomic mass is 32.1. The molecule has 24 heavy (non-hydrogen) atoms. The molecule has 0 aliphatic rings. The minimum Gasteiger partial charge on any atom is -0.299 e. The lowest BCUT2D eigenvalue weighted by Crippen LogP contribution is -2.27. The van der Waals surface area contributed by atoms with Crippen LogP contribution in [0.4, 0.5) is 5.13 Å². The molecular weight excluding hydrogens is 346 g/mol. The van der Waals surface area contributed by atoms with Crippen LogP contribution in [0.3, 0.4) is 0 Å². The van der Waals surface area contributed by atoms with Gasteiger partial charge in [-0.3, -0.25) is 19.5 Å². The van der Waals surface area contributed by atoms with E-state index in [0.717, 1.165) is 17.8 Å². The van der Waals surface area contributed by atoms with Crippen LogP contribution in [0, 0.1) is 0 Å². The van der Waals surface area contributed by atoms with E-state index in [2.05, 4.69) is 34.3 Å². The number of amides is 1. The quantitative estimate of drug-likeness (QED) is 0.727. The van der Waals surface area contributed by atoms with Gasteiger partial charge in [-0.15, -0.1) is 21.5 Å². The van der Waals surface area contributed by atoms with Crippen LogP contribution < -0.4 is 10.9 Å². The van der Waals surface area contributed by atoms with Crippen molar-refractivity contribution in [1.82, 2.24) is 19.7 Å². The Balaban J connectivity index is 1.71. The molecule has 0 aliphatic heterocycles. The first-order valence-electron chi connectivity index (χ1n) is 7.68. The van der Waals surface area contributed by atoms with Crippen molar-refractivity contribution in [2.24, 2.45) is 0 Å². The summed E-state index contributed by atoms with van der Waals surface area (Å²) < 4.78 is 1.30. The Labute approximate surface area is 146 Å². The number of carbonyl (C=O) groups is 1. The van der Waals surface area contributed by atoms with Gasteiger partial charge in [-0.25, -0.2) is 4.98 Å². The van der Waals surface area contributed by atoms with Crippen LogP contribution in [0.1, 0.15) is 37.6 Å². The van der Waals surface area contributed by atoms with Gasteiger partial charge < -0.3 is 0 Å². The van der Waals surface area contributed by atoms with E-state index >= 15 is 0 Å². The summed E-state index contributed by atoms with van der Waals surface area (Å²) >= 11 is 2.78. The minimum absolute atomic E-state index is 0.0997. The fourth-order valence-electron chi connectivity index (χ4n) is 2.41. The number of anilines is 1. The van der Waals surface area contributed by atoms with Crippen LogP contribution in [0.2, 0.25) is 0 Å². The Morgan fingerprint density at radius 2 is 2.12 bits per heavy atom. The molecule has 3 aromatic heterocycles. The maximum atomic E-state index is 12.3. The van der Waals surface area contributed by atoms with Gasteiger partial charge in [0, 0.05) is 5.92 Å². The molecule has 1 amide bonds. The zero-order valence-electron chi connectivity index (χ0n) is 13.4. The molecule has 126 valence electrons. The average Bonchev–Trinajstić information content (AvgIpc) is 3.21. The molecule has 0 unspecified atom stereocenters. The number of nitrogens with one attached hydrogen (secondary N) is 1. The van der Waals surface area contributed by atoms with Crippen molar-refractivity contribution >= 4 is 43.9 Å². The van der Waals surface area contributed by atoms with Crippen molar-refractivity contribution < 1.29 is 4.79 Å². The number of rotatable bonds is 6. The second-order valence-electron chi connectivity index (χ2n) is 5.32. The Morgan fingerprint density at radius 3 is 2.88 bits per heavy atom. The van der Waals surface area contributed by atoms with Crippen molar-refractivity contribution in [3.05, 3.63) is 33.1 Å². The zero-order valence-corrected chi connectivity index (χ0v) is 15.0. The highest BCUT2D eigenvalue weighted by molar-refractivity contribution is 7.16. The zero-order chi connectivity index (χ0) is 17.1. The molecule has 3 aromatic rings. The first kappa shape index (κ1) is 16.7. The molecular formula is C15H17N5O2S2. The number of carbonyl (C=O) groups excluding carboxylic acids is 1. The van der Waals surface area contributed by atoms with Crippen LogP contribution in [-0.2, 0) is 11.3 Å². The summed E-state index contributed by atoms with van der Waals surface area (Å²) in [5, 5.41) is 14.6. The summed E-state index contributed by atoms with van der Waals surface area (Å²) in [4.78, 5) is 29.3. The molecule has 3 rings (SSSR count). The van der Waals surface area contributed by atoms with Crippen molar-refractivity contribution in [2.45, 2.75) is 39.2 Å². The van der Waals surface area contributed by atoms with Gasteiger partial charge in [0.2, 0.25) is 11.0 Å². The van der Waals surface area contributed by atoms with Gasteiger partial charge in [0.1, 0.15) is 16.4 Å². The van der Waals surface area contributed by atoms with Gasteiger partial charge in [-0.2, -0.15) is 0 Å². The normalized spacial score (nSPS) is 11.3. The molecule has 7 nitrogen and oxygen atoms in total. The molecule has 0 spiro atoms. The van der Waals surface area contributed by atoms with E-state index in [1.165, 1.54) is 33.6 Å². The van der Waals surface area contributed by atoms with Crippen molar-refractivity contribution in [3.63, 3.8) is 0 Å². The summed E-state index contributed by atoms with van der Waals surface area (Å²) in [5.74, 6) is 0.0432. The van der Waals surface area contributed by atoms with Crippen molar-refractivity contribution in [1.29, 1.82) is 0 Å². The average molecular weight is 363 g/mol. The van der Waals surface area contributed by atoms with Gasteiger partial charge >= 0.3 is 0 Å². The van der Waals surface area contributed by atoms with E-state index in [1.807, 2.05) is 5.38 Å². The standard InChI is InChI=1S/C15H17N5O2S2/c1-3-9(4-2)12-18-19-15(24-12)17-11(21)7-20-8-16-13-10(14(20)22)5-6-23-13/h5-6,8-9H,3-4,7H2,1-2H3,(H,17,19,21). The van der Waals surface area contributed by atoms with Crippen LogP contribution >= 0.6 is 22.7 Å². The molecule has 0 atom stereocenters. The number of nitrogens with zero attached hydrogens (tertiary/aromatic N) is 4. The third kappa shape index (κ3) is 3.36. The minimum atomic E-state index is -0.319. The summed E-state index contributed by atoms with van der Waals surface area (Å²) in [5.41, 5.74) is -0.216. The molecule has 3 heterocycles. The largest absolute Gasteiger partial charge is 0.299 e. The Hall–Kier alpha value is -2.13. The van der Waals surface area contributed by atoms with Crippen LogP contribution in [0.5, 0.6) is 0 Å². The fourth-order valence-corrected chi connectivity index (χ4v) is 4.16. The number of fused-ring (bicyclic) bond motifs is 1. The van der Waals surface area contributed by atoms with Crippen molar-refractivity contribution in [3.8, 4) is 0 Å². The smallest absolute Gasteiger partial charge is 0.262 e. The monoisotopic (exact) mass is 363 g/mol. The first-order valence-corrected chi connectivity index (χ1v) is 9.37. The highest BCUT2D eigenvalue weighted by Crippen LogP contribution is 2.27. The van der Waals surface area contributed by atoms with E-state index in [1.54, 1.807) is 6.07 Å². The molecule has 0 bridgehead atoms. The molecule has 0 aliphatic carbocycles. The Kier molecular flexibility index (Phi) is 5.00. The molecule has 0 saturated heterocycles. The third-order valence-electron chi connectivity index (χ3n) is 3.79. The highest BCUT2D eigenvalue weighted by Gasteiger charge is 2.15. The molecule has 9 heteroatoms. The summed E-state index contributed by atoms with van der Waals surface area (Å²) in [7, 11) is 0. The lowest BCUT2D eigenvalue weighted by molar-refractivity contribution is -0.116. The molecule has 1 N–H and O–H groups in total. The van der Waals surface area contributed by atoms with Gasteiger partial charge in [0.15, 0.2) is 0 Å². The van der Waals surface area contributed by atoms with Crippen LogP contribution in [0.15, 0.2) is 22.6 Å². The van der Waals surface area contributed by atoms with Crippen LogP contribution in [-0.4, -0.2) is 25.7 Å². The van der Waals surface area contributed by atoms with Gasteiger partial charge in [0.25, 0.3) is 5.56 Å². The molecule has 0 radical (unpaired) electrons. The lowest BCUT2D eigenvalue weighted by Gasteiger charge is -2.06. The predicted molar refractivity (Wildman–Crippen MR) is 95.7 cm³/mol. The van der Waals surface area contributed by atoms with Gasteiger partial charge in [-0.05, 0) is 24.3 Å². The summed E-state index contributed by atoms with van der Waals surface area (Å²) in [6.45, 7) is 4.11. The van der Waals surface area contributed by atoms with E-state index in [9.17, 15) is 9.59 Å². The summed E-state index contributed by atoms with van der Waals surface area (Å²) in [6.07, 6.45) is 3.37. The number of aromatic nitrogens is 4. The topological polar surface area (TPSA) is 89.8 Å². The van der Waals surface area contributed by atoms with Gasteiger partial charge in [-0.1, -0.05) is 25.2 Å². The van der Waals surface area contributed by atoms with Gasteiger partial charge in [0.05, 0.1) is 11.7 Å². The second kappa shape index (κ2) is 7.18. The summed E-state index contributed by atoms with van der Waals surface area (Å²) in [6, 6.07) is 1.72. The Morgan fingerprint density at radius 1 is 1.33 bits per heavy atom. The van der Waals surface area contributed by atoms with E-state index < -0.39 is 0 Å². The van der Waals surface area contributed by atoms with E-state index in [4.69, 9.17) is 0 Å². The fraction of sp³-hybridized carbons (Fsp3) is 0.400. The number of thiophene rings is 1. The lowest BCUT2D eigenvalue weighted by atomic mass is 10.1. The maximum Gasteiger partial charge on any atom is 0.262 e. The molecule has 0 fully saturated rings. The number of hydrogen-bond donors (Lipinski definition) is 1. The van der Waals surface area contributed by atoms with E-state index in [-0.39, 0.29) is 18.0 Å². The Bertz CT molecular complexity index is 910. The first-order chi connectivity index (χ1) is 11.6. The molecule has 0 aromatic carbocycles. The number of hydrogen-bond acceptors (Lipinski definition) is 7. The van der Waals surface area contributed by atoms with E-state index in [0.29, 0.717) is 21.3 Å². The second-order valence-corrected chi connectivity index (χ2v) is 7.23. The molecule has 0 saturated carbocycles. The van der Waals surface area contributed by atoms with Crippen molar-refractivity contribution in [2.75, 3.05) is 5.32 Å². The third-order valence-corrected chi connectivity index (χ3v) is 5.61.